The van der Waals surface area contributed by atoms with E-state index in [1.165, 1.54) is 24.0 Å². The molecule has 0 saturated heterocycles. The molecule has 1 aliphatic heterocycles. The van der Waals surface area contributed by atoms with Crippen molar-refractivity contribution in [3.8, 4) is 5.75 Å². The molecule has 10 heteroatoms. The highest BCUT2D eigenvalue weighted by Gasteiger charge is 2.38. The molecule has 0 aliphatic carbocycles. The Bertz CT molecular complexity index is 1050. The van der Waals surface area contributed by atoms with Crippen molar-refractivity contribution in [3.05, 3.63) is 58.1 Å². The normalized spacial score (nSPS) is 16.1. The van der Waals surface area contributed by atoms with Gasteiger partial charge in [0, 0.05) is 25.7 Å². The highest BCUT2D eigenvalue weighted by atomic mass is 32.2. The Morgan fingerprint density at radius 1 is 1.25 bits per heavy atom. The van der Waals surface area contributed by atoms with Crippen molar-refractivity contribution < 1.29 is 22.9 Å². The molecule has 9 nitrogen and oxygen atoms in total. The number of carbonyl (C=O) groups excluding carboxylic acids is 1. The van der Waals surface area contributed by atoms with Crippen LogP contribution in [0.25, 0.3) is 0 Å². The van der Waals surface area contributed by atoms with Gasteiger partial charge in [-0.05, 0) is 25.1 Å². The van der Waals surface area contributed by atoms with Crippen molar-refractivity contribution in [2.45, 2.75) is 17.9 Å². The van der Waals surface area contributed by atoms with E-state index >= 15 is 0 Å². The van der Waals surface area contributed by atoms with Gasteiger partial charge in [0.05, 0.1) is 22.1 Å². The fraction of sp³-hybridized carbons (Fsp3) is 0.278. The van der Waals surface area contributed by atoms with Crippen LogP contribution in [0, 0.1) is 17.0 Å². The second-order valence-corrected chi connectivity index (χ2v) is 8.41. The van der Waals surface area contributed by atoms with Crippen LogP contribution >= 0.6 is 0 Å². The second kappa shape index (κ2) is 7.12. The van der Waals surface area contributed by atoms with Crippen LogP contribution in [0.1, 0.15) is 5.56 Å². The summed E-state index contributed by atoms with van der Waals surface area (Å²) < 4.78 is 33.3. The maximum Gasteiger partial charge on any atom is 0.273 e. The summed E-state index contributed by atoms with van der Waals surface area (Å²) in [5.41, 5.74) is 0.337. The first-order chi connectivity index (χ1) is 13.1. The minimum atomic E-state index is -4.16. The molecule has 2 aromatic carbocycles. The summed E-state index contributed by atoms with van der Waals surface area (Å²) >= 11 is 0. The van der Waals surface area contributed by atoms with Crippen molar-refractivity contribution in [2.75, 3.05) is 24.9 Å². The number of amides is 1. The smallest absolute Gasteiger partial charge is 0.273 e. The lowest BCUT2D eigenvalue weighted by Gasteiger charge is -2.35. The summed E-state index contributed by atoms with van der Waals surface area (Å²) in [5.74, 6) is -0.135. The third-order valence-electron chi connectivity index (χ3n) is 4.42. The molecule has 0 saturated carbocycles. The van der Waals surface area contributed by atoms with Crippen LogP contribution in [0.5, 0.6) is 5.75 Å². The summed E-state index contributed by atoms with van der Waals surface area (Å²) in [4.78, 5) is 24.1. The van der Waals surface area contributed by atoms with Crippen LogP contribution in [0.3, 0.4) is 0 Å². The van der Waals surface area contributed by atoms with Crippen molar-refractivity contribution in [1.29, 1.82) is 0 Å². The van der Waals surface area contributed by atoms with E-state index in [2.05, 4.69) is 0 Å². The van der Waals surface area contributed by atoms with Crippen LogP contribution < -0.4 is 9.04 Å². The number of sulfonamides is 1. The molecule has 0 N–H and O–H groups in total. The lowest BCUT2D eigenvalue weighted by molar-refractivity contribution is -0.385. The van der Waals surface area contributed by atoms with Crippen molar-refractivity contribution >= 4 is 27.3 Å². The van der Waals surface area contributed by atoms with Gasteiger partial charge in [0.2, 0.25) is 0 Å². The van der Waals surface area contributed by atoms with E-state index < -0.39 is 21.1 Å². The van der Waals surface area contributed by atoms with Gasteiger partial charge in [-0.15, -0.1) is 0 Å². The van der Waals surface area contributed by atoms with Gasteiger partial charge >= 0.3 is 0 Å². The monoisotopic (exact) mass is 405 g/mol. The first kappa shape index (κ1) is 19.6. The van der Waals surface area contributed by atoms with Gasteiger partial charge in [-0.3, -0.25) is 19.2 Å². The Morgan fingerprint density at radius 3 is 2.57 bits per heavy atom. The summed E-state index contributed by atoms with van der Waals surface area (Å²) in [7, 11) is -1.06. The molecule has 1 amide bonds. The zero-order valence-corrected chi connectivity index (χ0v) is 16.3. The number of anilines is 1. The number of aryl methyl sites for hydroxylation is 1. The average Bonchev–Trinajstić information content (AvgIpc) is 2.66. The first-order valence-electron chi connectivity index (χ1n) is 8.37. The third-order valence-corrected chi connectivity index (χ3v) is 6.19. The van der Waals surface area contributed by atoms with Crippen LogP contribution in [-0.2, 0) is 14.8 Å². The van der Waals surface area contributed by atoms with Crippen molar-refractivity contribution in [1.82, 2.24) is 4.90 Å². The van der Waals surface area contributed by atoms with E-state index in [4.69, 9.17) is 4.74 Å². The summed E-state index contributed by atoms with van der Waals surface area (Å²) in [5, 5.41) is 11.2. The molecule has 28 heavy (non-hydrogen) atoms. The number of hydrogen-bond donors (Lipinski definition) is 0. The fourth-order valence-corrected chi connectivity index (χ4v) is 4.42. The topological polar surface area (TPSA) is 110 Å². The number of hydrogen-bond acceptors (Lipinski definition) is 6. The second-order valence-electron chi connectivity index (χ2n) is 6.55. The fourth-order valence-electron chi connectivity index (χ4n) is 2.92. The minimum Gasteiger partial charge on any atom is -0.476 e. The van der Waals surface area contributed by atoms with E-state index in [0.29, 0.717) is 5.56 Å². The molecule has 2 aromatic rings. The molecule has 1 heterocycles. The number of rotatable bonds is 4. The minimum absolute atomic E-state index is 0.224. The van der Waals surface area contributed by atoms with Crippen molar-refractivity contribution in [2.24, 2.45) is 0 Å². The maximum atomic E-state index is 13.3. The highest BCUT2D eigenvalue weighted by molar-refractivity contribution is 7.92. The Morgan fingerprint density at radius 2 is 1.93 bits per heavy atom. The van der Waals surface area contributed by atoms with Crippen LogP contribution in [0.4, 0.5) is 11.4 Å². The number of para-hydroxylation sites is 2. The number of nitro groups is 1. The van der Waals surface area contributed by atoms with Gasteiger partial charge in [0.1, 0.15) is 5.75 Å². The zero-order valence-electron chi connectivity index (χ0n) is 15.5. The molecule has 0 radical (unpaired) electrons. The molecule has 0 spiro atoms. The van der Waals surface area contributed by atoms with E-state index in [0.717, 1.165) is 10.4 Å². The molecule has 0 bridgehead atoms. The van der Waals surface area contributed by atoms with E-state index in [1.807, 2.05) is 0 Å². The average molecular weight is 405 g/mol. The van der Waals surface area contributed by atoms with Crippen LogP contribution in [-0.4, -0.2) is 50.9 Å². The van der Waals surface area contributed by atoms with Crippen molar-refractivity contribution in [3.63, 3.8) is 0 Å². The molecule has 1 aliphatic rings. The number of nitrogens with zero attached hydrogens (tertiary/aromatic N) is 3. The summed E-state index contributed by atoms with van der Waals surface area (Å²) in [6.07, 6.45) is -1.03. The van der Waals surface area contributed by atoms with Gasteiger partial charge in [-0.25, -0.2) is 8.42 Å². The first-order valence-corrected chi connectivity index (χ1v) is 9.81. The molecule has 148 valence electrons. The predicted molar refractivity (Wildman–Crippen MR) is 102 cm³/mol. The Balaban J connectivity index is 2.11. The van der Waals surface area contributed by atoms with Gasteiger partial charge < -0.3 is 9.64 Å². The number of benzene rings is 2. The molecule has 3 rings (SSSR count). The van der Waals surface area contributed by atoms with Gasteiger partial charge in [0.25, 0.3) is 21.6 Å². The zero-order chi connectivity index (χ0) is 20.6. The van der Waals surface area contributed by atoms with E-state index in [9.17, 15) is 23.3 Å². The van der Waals surface area contributed by atoms with Gasteiger partial charge in [-0.2, -0.15) is 0 Å². The maximum absolute atomic E-state index is 13.3. The Labute approximate surface area is 162 Å². The van der Waals surface area contributed by atoms with E-state index in [1.54, 1.807) is 38.4 Å². The molecule has 0 fully saturated rings. The molecule has 0 aromatic heterocycles. The molecular formula is C18H19N3O6S. The lowest BCUT2D eigenvalue weighted by Crippen LogP contribution is -2.50. The lowest BCUT2D eigenvalue weighted by atomic mass is 10.2. The number of ether oxygens (including phenoxy) is 1. The summed E-state index contributed by atoms with van der Waals surface area (Å²) in [6.45, 7) is 1.29. The highest BCUT2D eigenvalue weighted by Crippen LogP contribution is 2.37. The molecular weight excluding hydrogens is 386 g/mol. The molecule has 0 unspecified atom stereocenters. The molecule has 1 atom stereocenters. The number of nitro benzene ring substituents is 1. The quantitative estimate of drug-likeness (QED) is 0.568. The number of fused-ring (bicyclic) bond motifs is 1. The third kappa shape index (κ3) is 3.38. The van der Waals surface area contributed by atoms with Gasteiger partial charge in [0.15, 0.2) is 6.10 Å². The van der Waals surface area contributed by atoms with Gasteiger partial charge in [-0.1, -0.05) is 18.2 Å². The Kier molecular flexibility index (Phi) is 4.99. The largest absolute Gasteiger partial charge is 0.476 e. The SMILES string of the molecule is Cc1ccc(S(=O)(=O)N2C[C@H](C(=O)N(C)C)Oc3ccccc32)cc1[N+](=O)[O-]. The number of likely N-dealkylation sites (N-methyl/N-ethyl adjacent to an activating group) is 1. The number of carbonyl (C=O) groups is 1. The standard InChI is InChI=1S/C18H19N3O6S/c1-12-8-9-13(10-15(12)21(23)24)28(25,26)20-11-17(18(22)19(2)3)27-16-7-5-4-6-14(16)20/h4-10,17H,11H2,1-3H3/t17-/m1/s1. The van der Waals surface area contributed by atoms with E-state index in [-0.39, 0.29) is 34.5 Å². The summed E-state index contributed by atoms with van der Waals surface area (Å²) in [6, 6.07) is 10.2. The Hall–Kier alpha value is -3.14. The predicted octanol–water partition coefficient (Wildman–Crippen LogP) is 1.95. The van der Waals surface area contributed by atoms with Crippen LogP contribution in [0.15, 0.2) is 47.4 Å². The van der Waals surface area contributed by atoms with Crippen LogP contribution in [0.2, 0.25) is 0 Å².